The van der Waals surface area contributed by atoms with Crippen molar-refractivity contribution in [3.8, 4) is 5.75 Å². The lowest BCUT2D eigenvalue weighted by atomic mass is 9.92. The van der Waals surface area contributed by atoms with Gasteiger partial charge >= 0.3 is 0 Å². The van der Waals surface area contributed by atoms with Crippen molar-refractivity contribution in [3.05, 3.63) is 29.8 Å². The molecule has 6 nitrogen and oxygen atoms in total. The van der Waals surface area contributed by atoms with E-state index in [2.05, 4.69) is 13.8 Å². The molecule has 132 valence electrons. The van der Waals surface area contributed by atoms with Gasteiger partial charge in [0.15, 0.2) is 5.60 Å². The number of hydrogen-bond acceptors (Lipinski definition) is 4. The van der Waals surface area contributed by atoms with Gasteiger partial charge in [0.25, 0.3) is 5.91 Å². The summed E-state index contributed by atoms with van der Waals surface area (Å²) in [7, 11) is 0. The van der Waals surface area contributed by atoms with Crippen molar-refractivity contribution in [2.45, 2.75) is 38.7 Å². The molecule has 0 spiro atoms. The Morgan fingerprint density at radius 1 is 1.33 bits per heavy atom. The average Bonchev–Trinajstić information content (AvgIpc) is 2.54. The lowest BCUT2D eigenvalue weighted by molar-refractivity contribution is -0.148. The van der Waals surface area contributed by atoms with Crippen LogP contribution in [0.3, 0.4) is 0 Å². The monoisotopic (exact) mass is 334 g/mol. The zero-order valence-electron chi connectivity index (χ0n) is 14.3. The zero-order chi connectivity index (χ0) is 17.7. The Bertz CT molecular complexity index is 585. The number of ether oxygens (including phenoxy) is 1. The van der Waals surface area contributed by atoms with Crippen LogP contribution in [-0.4, -0.2) is 47.1 Å². The van der Waals surface area contributed by atoms with E-state index in [4.69, 9.17) is 10.5 Å². The van der Waals surface area contributed by atoms with Gasteiger partial charge in [0.1, 0.15) is 5.75 Å². The standard InChI is InChI=1S/C18H26N2O4/c1-13(2)11-24-15-6-4-14(5-7-15)10-16(21)20-9-3-8-18(23,12-20)17(19)22/h4-7,13,23H,3,8-12H2,1-2H3,(H2,19,22)/t18-/m1/s1. The molecule has 1 aromatic carbocycles. The maximum atomic E-state index is 12.4. The molecule has 1 heterocycles. The van der Waals surface area contributed by atoms with Gasteiger partial charge in [-0.25, -0.2) is 0 Å². The smallest absolute Gasteiger partial charge is 0.251 e. The van der Waals surface area contributed by atoms with Crippen LogP contribution < -0.4 is 10.5 Å². The summed E-state index contributed by atoms with van der Waals surface area (Å²) in [5.41, 5.74) is 4.50. The van der Waals surface area contributed by atoms with Crippen LogP contribution in [0.5, 0.6) is 5.75 Å². The highest BCUT2D eigenvalue weighted by Crippen LogP contribution is 2.22. The summed E-state index contributed by atoms with van der Waals surface area (Å²) >= 11 is 0. The molecule has 1 aliphatic rings. The number of hydrogen-bond donors (Lipinski definition) is 2. The van der Waals surface area contributed by atoms with E-state index in [1.54, 1.807) is 0 Å². The minimum atomic E-state index is -1.61. The van der Waals surface area contributed by atoms with Gasteiger partial charge in [0.05, 0.1) is 19.6 Å². The Balaban J connectivity index is 1.93. The third kappa shape index (κ3) is 4.71. The van der Waals surface area contributed by atoms with Crippen LogP contribution in [0.15, 0.2) is 24.3 Å². The largest absolute Gasteiger partial charge is 0.493 e. The molecule has 0 unspecified atom stereocenters. The van der Waals surface area contributed by atoms with Crippen LogP contribution in [-0.2, 0) is 16.0 Å². The Labute approximate surface area is 142 Å². The molecule has 1 fully saturated rings. The second-order valence-electron chi connectivity index (χ2n) is 6.84. The summed E-state index contributed by atoms with van der Waals surface area (Å²) in [6.45, 7) is 5.32. The minimum absolute atomic E-state index is 0.0310. The molecule has 0 radical (unpaired) electrons. The molecule has 24 heavy (non-hydrogen) atoms. The maximum Gasteiger partial charge on any atom is 0.251 e. The first-order valence-electron chi connectivity index (χ1n) is 8.32. The van der Waals surface area contributed by atoms with Crippen LogP contribution in [0, 0.1) is 5.92 Å². The number of aliphatic hydroxyl groups is 1. The predicted octanol–water partition coefficient (Wildman–Crippen LogP) is 1.10. The normalized spacial score (nSPS) is 20.9. The summed E-state index contributed by atoms with van der Waals surface area (Å²) in [5.74, 6) is 0.340. The van der Waals surface area contributed by atoms with Gasteiger partial charge < -0.3 is 20.5 Å². The second-order valence-corrected chi connectivity index (χ2v) is 6.84. The van der Waals surface area contributed by atoms with E-state index in [1.165, 1.54) is 4.90 Å². The van der Waals surface area contributed by atoms with Crippen molar-refractivity contribution in [2.24, 2.45) is 11.7 Å². The SMILES string of the molecule is CC(C)COc1ccc(CC(=O)N2CCC[C@](O)(C(N)=O)C2)cc1. The quantitative estimate of drug-likeness (QED) is 0.815. The van der Waals surface area contributed by atoms with Gasteiger partial charge in [-0.2, -0.15) is 0 Å². The molecule has 1 saturated heterocycles. The molecule has 0 aliphatic carbocycles. The molecular formula is C18H26N2O4. The molecule has 0 aromatic heterocycles. The second kappa shape index (κ2) is 7.66. The number of likely N-dealkylation sites (tertiary alicyclic amines) is 1. The van der Waals surface area contributed by atoms with Crippen LogP contribution >= 0.6 is 0 Å². The highest BCUT2D eigenvalue weighted by atomic mass is 16.5. The van der Waals surface area contributed by atoms with E-state index in [9.17, 15) is 14.7 Å². The summed E-state index contributed by atoms with van der Waals surface area (Å²) < 4.78 is 5.62. The average molecular weight is 334 g/mol. The van der Waals surface area contributed by atoms with Gasteiger partial charge in [-0.3, -0.25) is 9.59 Å². The Kier molecular flexibility index (Phi) is 5.83. The number of nitrogens with zero attached hydrogens (tertiary/aromatic N) is 1. The van der Waals surface area contributed by atoms with Gasteiger partial charge in [-0.1, -0.05) is 26.0 Å². The number of primary amides is 1. The summed E-state index contributed by atoms with van der Waals surface area (Å²) in [6, 6.07) is 7.41. The lowest BCUT2D eigenvalue weighted by Crippen LogP contribution is -2.57. The van der Waals surface area contributed by atoms with Crippen LogP contribution in [0.2, 0.25) is 0 Å². The number of nitrogens with two attached hydrogens (primary N) is 1. The van der Waals surface area contributed by atoms with E-state index in [-0.39, 0.29) is 18.9 Å². The fourth-order valence-electron chi connectivity index (χ4n) is 2.70. The van der Waals surface area contributed by atoms with E-state index in [0.29, 0.717) is 31.9 Å². The zero-order valence-corrected chi connectivity index (χ0v) is 14.3. The van der Waals surface area contributed by atoms with Gasteiger partial charge in [0, 0.05) is 6.54 Å². The van der Waals surface area contributed by atoms with E-state index in [0.717, 1.165) is 11.3 Å². The van der Waals surface area contributed by atoms with Crippen LogP contribution in [0.1, 0.15) is 32.3 Å². The highest BCUT2D eigenvalue weighted by Gasteiger charge is 2.40. The molecule has 0 saturated carbocycles. The van der Waals surface area contributed by atoms with Gasteiger partial charge in [-0.05, 0) is 36.5 Å². The van der Waals surface area contributed by atoms with Crippen LogP contribution in [0.25, 0.3) is 0 Å². The topological polar surface area (TPSA) is 92.9 Å². The number of β-amino-alcohol motifs (C(OH)–C–C–N with tert-alkyl or cyclic N) is 1. The summed E-state index contributed by atoms with van der Waals surface area (Å²) in [5, 5.41) is 10.2. The lowest BCUT2D eigenvalue weighted by Gasteiger charge is -2.37. The van der Waals surface area contributed by atoms with E-state index in [1.807, 2.05) is 24.3 Å². The van der Waals surface area contributed by atoms with Gasteiger partial charge in [0.2, 0.25) is 5.91 Å². The van der Waals surface area contributed by atoms with Crippen molar-refractivity contribution in [2.75, 3.05) is 19.7 Å². The number of benzene rings is 1. The molecule has 3 N–H and O–H groups in total. The molecule has 2 rings (SSSR count). The van der Waals surface area contributed by atoms with Crippen molar-refractivity contribution < 1.29 is 19.4 Å². The molecule has 1 atom stereocenters. The first-order valence-corrected chi connectivity index (χ1v) is 8.32. The van der Waals surface area contributed by atoms with Crippen molar-refractivity contribution in [3.63, 3.8) is 0 Å². The fourth-order valence-corrected chi connectivity index (χ4v) is 2.70. The van der Waals surface area contributed by atoms with Crippen LogP contribution in [0.4, 0.5) is 0 Å². The first kappa shape index (κ1) is 18.3. The van der Waals surface area contributed by atoms with E-state index < -0.39 is 11.5 Å². The Morgan fingerprint density at radius 3 is 2.58 bits per heavy atom. The van der Waals surface area contributed by atoms with Crippen molar-refractivity contribution >= 4 is 11.8 Å². The third-order valence-corrected chi connectivity index (χ3v) is 4.14. The number of carbonyl (C=O) groups is 2. The fraction of sp³-hybridized carbons (Fsp3) is 0.556. The summed E-state index contributed by atoms with van der Waals surface area (Å²) in [6.07, 6.45) is 1.08. The molecule has 6 heteroatoms. The number of rotatable bonds is 6. The molecular weight excluding hydrogens is 308 g/mol. The Hall–Kier alpha value is -2.08. The molecule has 2 amide bonds. The molecule has 1 aromatic rings. The molecule has 1 aliphatic heterocycles. The number of piperidine rings is 1. The van der Waals surface area contributed by atoms with E-state index >= 15 is 0 Å². The van der Waals surface area contributed by atoms with Gasteiger partial charge in [-0.15, -0.1) is 0 Å². The minimum Gasteiger partial charge on any atom is -0.493 e. The highest BCUT2D eigenvalue weighted by molar-refractivity contribution is 5.85. The van der Waals surface area contributed by atoms with Crippen molar-refractivity contribution in [1.82, 2.24) is 4.90 Å². The number of carbonyl (C=O) groups excluding carboxylic acids is 2. The third-order valence-electron chi connectivity index (χ3n) is 4.14. The predicted molar refractivity (Wildman–Crippen MR) is 90.4 cm³/mol. The summed E-state index contributed by atoms with van der Waals surface area (Å²) in [4.78, 5) is 25.3. The Morgan fingerprint density at radius 2 is 2.00 bits per heavy atom. The maximum absolute atomic E-state index is 12.4. The number of amides is 2. The van der Waals surface area contributed by atoms with Crippen molar-refractivity contribution in [1.29, 1.82) is 0 Å². The molecule has 0 bridgehead atoms. The first-order chi connectivity index (χ1) is 11.3.